The number of carbonyl (C=O) groups is 1. The topological polar surface area (TPSA) is 55.8 Å². The predicted octanol–water partition coefficient (Wildman–Crippen LogP) is 3.76. The molecule has 7 atom stereocenters. The highest BCUT2D eigenvalue weighted by molar-refractivity contribution is 5.73. The molecule has 3 saturated carbocycles. The second kappa shape index (κ2) is 5.69. The van der Waals surface area contributed by atoms with E-state index in [0.717, 1.165) is 25.7 Å². The van der Waals surface area contributed by atoms with E-state index in [2.05, 4.69) is 20.8 Å². The number of fused-ring (bicyclic) bond motifs is 2. The first-order valence-corrected chi connectivity index (χ1v) is 10.1. The largest absolute Gasteiger partial charge is 0.469 e. The average molecular weight is 350 g/mol. The molecule has 2 unspecified atom stereocenters. The molecular formula is C21H34O4. The van der Waals surface area contributed by atoms with Gasteiger partial charge in [-0.1, -0.05) is 27.2 Å². The number of esters is 1. The van der Waals surface area contributed by atoms with Crippen LogP contribution in [0, 0.1) is 39.9 Å². The molecule has 4 heteroatoms. The third-order valence-electron chi connectivity index (χ3n) is 8.93. The lowest BCUT2D eigenvalue weighted by Crippen LogP contribution is -2.62. The molecular weight excluding hydrogens is 316 g/mol. The standard InChI is InChI=1S/C21H34O4/c1-19(2)9-5-10-20(3)15(19)8-11-21-14(12-25-18(21)23)13(17(22)24-4)6-7-16(20)21/h13-16,18,23H,5-12H2,1-4H3/t13-,14-,15+,16?,18?,20+,21-/m1/s1. The van der Waals surface area contributed by atoms with Crippen LogP contribution in [0.25, 0.3) is 0 Å². The molecule has 4 fully saturated rings. The van der Waals surface area contributed by atoms with Crippen LogP contribution in [0.4, 0.5) is 0 Å². The van der Waals surface area contributed by atoms with Crippen molar-refractivity contribution in [3.63, 3.8) is 0 Å². The van der Waals surface area contributed by atoms with Crippen molar-refractivity contribution >= 4 is 5.97 Å². The predicted molar refractivity (Wildman–Crippen MR) is 94.6 cm³/mol. The number of methoxy groups -OCH3 is 1. The van der Waals surface area contributed by atoms with Gasteiger partial charge in [0, 0.05) is 11.3 Å². The fourth-order valence-electron chi connectivity index (χ4n) is 7.98. The van der Waals surface area contributed by atoms with Crippen molar-refractivity contribution in [2.45, 2.75) is 72.0 Å². The Bertz CT molecular complexity index is 558. The minimum Gasteiger partial charge on any atom is -0.469 e. The van der Waals surface area contributed by atoms with Crippen LogP contribution in [0.2, 0.25) is 0 Å². The first-order chi connectivity index (χ1) is 11.8. The van der Waals surface area contributed by atoms with Crippen LogP contribution in [0.15, 0.2) is 0 Å². The van der Waals surface area contributed by atoms with Gasteiger partial charge in [0.25, 0.3) is 0 Å². The second-order valence-electron chi connectivity index (χ2n) is 10.1. The molecule has 0 aromatic carbocycles. The summed E-state index contributed by atoms with van der Waals surface area (Å²) in [6.07, 6.45) is 7.12. The fraction of sp³-hybridized carbons (Fsp3) is 0.952. The summed E-state index contributed by atoms with van der Waals surface area (Å²) in [5.41, 5.74) is 0.359. The summed E-state index contributed by atoms with van der Waals surface area (Å²) >= 11 is 0. The lowest BCUT2D eigenvalue weighted by molar-refractivity contribution is -0.229. The van der Waals surface area contributed by atoms with Gasteiger partial charge in [-0.25, -0.2) is 0 Å². The number of rotatable bonds is 1. The SMILES string of the molecule is COC(=O)[C@@H]1CCC2[C@]3(CC[C@H]4C(C)(C)CCC[C@]24C)C(O)OC[C@H]13. The Morgan fingerprint density at radius 2 is 1.84 bits per heavy atom. The molecule has 0 aromatic heterocycles. The van der Waals surface area contributed by atoms with E-state index in [9.17, 15) is 9.90 Å². The summed E-state index contributed by atoms with van der Waals surface area (Å²) in [6.45, 7) is 7.85. The zero-order valence-electron chi connectivity index (χ0n) is 16.2. The van der Waals surface area contributed by atoms with Crippen molar-refractivity contribution in [2.24, 2.45) is 39.9 Å². The molecule has 0 bridgehead atoms. The van der Waals surface area contributed by atoms with Crippen LogP contribution in [0.5, 0.6) is 0 Å². The maximum absolute atomic E-state index is 12.4. The van der Waals surface area contributed by atoms with Gasteiger partial charge in [-0.2, -0.15) is 0 Å². The van der Waals surface area contributed by atoms with E-state index in [-0.39, 0.29) is 28.6 Å². The number of hydrogen-bond donors (Lipinski definition) is 1. The van der Waals surface area contributed by atoms with Crippen LogP contribution < -0.4 is 0 Å². The molecule has 142 valence electrons. The minimum atomic E-state index is -0.724. The minimum absolute atomic E-state index is 0.108. The Labute approximate surface area is 151 Å². The number of aliphatic hydroxyl groups is 1. The summed E-state index contributed by atoms with van der Waals surface area (Å²) in [4.78, 5) is 12.4. The lowest BCUT2D eigenvalue weighted by atomic mass is 9.38. The molecule has 4 nitrogen and oxygen atoms in total. The molecule has 1 spiro atoms. The van der Waals surface area contributed by atoms with Gasteiger partial charge in [-0.3, -0.25) is 4.79 Å². The molecule has 1 N–H and O–H groups in total. The van der Waals surface area contributed by atoms with Crippen LogP contribution in [0.3, 0.4) is 0 Å². The van der Waals surface area contributed by atoms with Crippen molar-refractivity contribution in [3.8, 4) is 0 Å². The number of carbonyl (C=O) groups excluding carboxylic acids is 1. The molecule has 1 heterocycles. The number of aliphatic hydroxyl groups excluding tert-OH is 1. The molecule has 0 radical (unpaired) electrons. The first kappa shape index (κ1) is 17.8. The Hall–Kier alpha value is -0.610. The van der Waals surface area contributed by atoms with E-state index in [4.69, 9.17) is 9.47 Å². The van der Waals surface area contributed by atoms with Gasteiger partial charge in [0.15, 0.2) is 6.29 Å². The highest BCUT2D eigenvalue weighted by Crippen LogP contribution is 2.71. The molecule has 4 aliphatic rings. The zero-order valence-corrected chi connectivity index (χ0v) is 16.2. The van der Waals surface area contributed by atoms with Gasteiger partial charge < -0.3 is 14.6 Å². The summed E-state index contributed by atoms with van der Waals surface area (Å²) < 4.78 is 10.9. The molecule has 3 aliphatic carbocycles. The molecule has 0 aromatic rings. The van der Waals surface area contributed by atoms with Crippen LogP contribution >= 0.6 is 0 Å². The third-order valence-corrected chi connectivity index (χ3v) is 8.93. The maximum Gasteiger partial charge on any atom is 0.309 e. The van der Waals surface area contributed by atoms with Crippen molar-refractivity contribution in [1.82, 2.24) is 0 Å². The van der Waals surface area contributed by atoms with Crippen molar-refractivity contribution in [2.75, 3.05) is 13.7 Å². The van der Waals surface area contributed by atoms with Gasteiger partial charge >= 0.3 is 5.97 Å². The summed E-state index contributed by atoms with van der Waals surface area (Å²) in [5.74, 6) is 1.03. The quantitative estimate of drug-likeness (QED) is 0.732. The van der Waals surface area contributed by atoms with Crippen molar-refractivity contribution in [3.05, 3.63) is 0 Å². The lowest BCUT2D eigenvalue weighted by Gasteiger charge is -2.65. The highest BCUT2D eigenvalue weighted by atomic mass is 16.6. The number of ether oxygens (including phenoxy) is 2. The number of hydrogen-bond acceptors (Lipinski definition) is 4. The van der Waals surface area contributed by atoms with Gasteiger partial charge in [0.1, 0.15) is 0 Å². The molecule has 4 rings (SSSR count). The van der Waals surface area contributed by atoms with E-state index < -0.39 is 6.29 Å². The van der Waals surface area contributed by atoms with Crippen LogP contribution in [-0.2, 0) is 14.3 Å². The maximum atomic E-state index is 12.4. The summed E-state index contributed by atoms with van der Waals surface area (Å²) in [6, 6.07) is 0. The first-order valence-electron chi connectivity index (χ1n) is 10.1. The van der Waals surface area contributed by atoms with Gasteiger partial charge in [0.05, 0.1) is 19.6 Å². The van der Waals surface area contributed by atoms with E-state index in [1.54, 1.807) is 0 Å². The van der Waals surface area contributed by atoms with E-state index in [1.165, 1.54) is 26.4 Å². The highest BCUT2D eigenvalue weighted by Gasteiger charge is 2.69. The Morgan fingerprint density at radius 3 is 2.56 bits per heavy atom. The normalized spacial score (nSPS) is 51.2. The van der Waals surface area contributed by atoms with E-state index in [0.29, 0.717) is 23.9 Å². The fourth-order valence-corrected chi connectivity index (χ4v) is 7.98. The van der Waals surface area contributed by atoms with Crippen molar-refractivity contribution < 1.29 is 19.4 Å². The van der Waals surface area contributed by atoms with E-state index in [1.807, 2.05) is 0 Å². The van der Waals surface area contributed by atoms with Crippen LogP contribution in [0.1, 0.15) is 65.7 Å². The molecule has 1 aliphatic heterocycles. The third kappa shape index (κ3) is 2.22. The van der Waals surface area contributed by atoms with Gasteiger partial charge in [0.2, 0.25) is 0 Å². The molecule has 25 heavy (non-hydrogen) atoms. The second-order valence-corrected chi connectivity index (χ2v) is 10.1. The smallest absolute Gasteiger partial charge is 0.309 e. The summed E-state index contributed by atoms with van der Waals surface area (Å²) in [7, 11) is 1.48. The Morgan fingerprint density at radius 1 is 1.08 bits per heavy atom. The molecule has 0 amide bonds. The van der Waals surface area contributed by atoms with Gasteiger partial charge in [-0.15, -0.1) is 0 Å². The Kier molecular flexibility index (Phi) is 4.05. The van der Waals surface area contributed by atoms with Gasteiger partial charge in [-0.05, 0) is 61.2 Å². The van der Waals surface area contributed by atoms with Crippen LogP contribution in [-0.4, -0.2) is 31.1 Å². The summed E-state index contributed by atoms with van der Waals surface area (Å²) in [5, 5.41) is 10.9. The molecule has 1 saturated heterocycles. The average Bonchev–Trinajstić information content (AvgIpc) is 2.89. The van der Waals surface area contributed by atoms with E-state index >= 15 is 0 Å². The Balaban J connectivity index is 1.75. The van der Waals surface area contributed by atoms with Crippen molar-refractivity contribution in [1.29, 1.82) is 0 Å². The monoisotopic (exact) mass is 350 g/mol. The zero-order chi connectivity index (χ0) is 18.0.